The largest absolute Gasteiger partial charge is 0.481 e. The molecule has 4 nitrogen and oxygen atoms in total. The van der Waals surface area contributed by atoms with Crippen molar-refractivity contribution in [2.75, 3.05) is 12.4 Å². The van der Waals surface area contributed by atoms with Crippen molar-refractivity contribution in [3.63, 3.8) is 0 Å². The van der Waals surface area contributed by atoms with Crippen LogP contribution in [0.25, 0.3) is 0 Å². The summed E-state index contributed by atoms with van der Waals surface area (Å²) in [6.07, 6.45) is 1.75. The van der Waals surface area contributed by atoms with Gasteiger partial charge in [-0.2, -0.15) is 0 Å². The summed E-state index contributed by atoms with van der Waals surface area (Å²) in [6.45, 7) is 2.72. The van der Waals surface area contributed by atoms with Crippen molar-refractivity contribution in [2.45, 2.75) is 13.5 Å². The standard InChI is InChI=1S/C11H13N3OS/c1-8-7-16-11(14-8)6-12-9-3-4-10(15-2)13-5-9/h3-5,7,12H,6H2,1-2H3. The number of hydrogen-bond acceptors (Lipinski definition) is 5. The van der Waals surface area contributed by atoms with Gasteiger partial charge in [0, 0.05) is 17.1 Å². The van der Waals surface area contributed by atoms with Crippen LogP contribution >= 0.6 is 11.3 Å². The molecule has 0 aliphatic carbocycles. The third-order valence-corrected chi connectivity index (χ3v) is 3.02. The van der Waals surface area contributed by atoms with E-state index in [0.717, 1.165) is 22.9 Å². The molecule has 0 radical (unpaired) electrons. The third-order valence-electron chi connectivity index (χ3n) is 2.06. The summed E-state index contributed by atoms with van der Waals surface area (Å²) in [4.78, 5) is 8.48. The first-order valence-corrected chi connectivity index (χ1v) is 5.81. The van der Waals surface area contributed by atoms with E-state index in [4.69, 9.17) is 4.74 Å². The fourth-order valence-corrected chi connectivity index (χ4v) is 1.98. The van der Waals surface area contributed by atoms with Crippen molar-refractivity contribution < 1.29 is 4.74 Å². The molecule has 0 saturated carbocycles. The highest BCUT2D eigenvalue weighted by Crippen LogP contribution is 2.14. The van der Waals surface area contributed by atoms with E-state index in [1.165, 1.54) is 0 Å². The molecule has 84 valence electrons. The molecular formula is C11H13N3OS. The average Bonchev–Trinajstić information content (AvgIpc) is 2.73. The second kappa shape index (κ2) is 4.94. The van der Waals surface area contributed by atoms with E-state index in [0.29, 0.717) is 5.88 Å². The Bertz CT molecular complexity index is 453. The molecule has 0 spiro atoms. The fourth-order valence-electron chi connectivity index (χ4n) is 1.27. The van der Waals surface area contributed by atoms with Crippen molar-refractivity contribution >= 4 is 17.0 Å². The molecule has 0 saturated heterocycles. The fraction of sp³-hybridized carbons (Fsp3) is 0.273. The Morgan fingerprint density at radius 3 is 2.88 bits per heavy atom. The Kier molecular flexibility index (Phi) is 3.36. The number of ether oxygens (including phenoxy) is 1. The average molecular weight is 235 g/mol. The maximum atomic E-state index is 4.99. The lowest BCUT2D eigenvalue weighted by molar-refractivity contribution is 0.398. The van der Waals surface area contributed by atoms with Gasteiger partial charge in [-0.3, -0.25) is 0 Å². The molecule has 5 heteroatoms. The predicted octanol–water partition coefficient (Wildman–Crippen LogP) is 2.47. The number of pyridine rings is 1. The Labute approximate surface area is 98.3 Å². The number of aryl methyl sites for hydroxylation is 1. The molecule has 0 aliphatic rings. The maximum Gasteiger partial charge on any atom is 0.213 e. The number of aromatic nitrogens is 2. The van der Waals surface area contributed by atoms with Crippen LogP contribution < -0.4 is 10.1 Å². The van der Waals surface area contributed by atoms with E-state index in [1.54, 1.807) is 24.6 Å². The smallest absolute Gasteiger partial charge is 0.213 e. The van der Waals surface area contributed by atoms with Gasteiger partial charge in [-0.05, 0) is 13.0 Å². The topological polar surface area (TPSA) is 47.0 Å². The summed E-state index contributed by atoms with van der Waals surface area (Å²) in [7, 11) is 1.60. The van der Waals surface area contributed by atoms with E-state index in [2.05, 4.69) is 15.3 Å². The number of hydrogen-bond donors (Lipinski definition) is 1. The lowest BCUT2D eigenvalue weighted by atomic mass is 10.4. The second-order valence-corrected chi connectivity index (χ2v) is 4.27. The lowest BCUT2D eigenvalue weighted by Crippen LogP contribution is -1.99. The van der Waals surface area contributed by atoms with E-state index < -0.39 is 0 Å². The summed E-state index contributed by atoms with van der Waals surface area (Å²) in [5.41, 5.74) is 2.03. The first-order valence-electron chi connectivity index (χ1n) is 4.93. The van der Waals surface area contributed by atoms with Gasteiger partial charge in [0.1, 0.15) is 5.01 Å². The van der Waals surface area contributed by atoms with Gasteiger partial charge < -0.3 is 10.1 Å². The van der Waals surface area contributed by atoms with Crippen molar-refractivity contribution in [3.05, 3.63) is 34.4 Å². The van der Waals surface area contributed by atoms with E-state index in [-0.39, 0.29) is 0 Å². The zero-order valence-electron chi connectivity index (χ0n) is 9.23. The van der Waals surface area contributed by atoms with Crippen LogP contribution in [0.4, 0.5) is 5.69 Å². The van der Waals surface area contributed by atoms with Crippen LogP contribution in [0, 0.1) is 6.92 Å². The molecule has 0 unspecified atom stereocenters. The van der Waals surface area contributed by atoms with Gasteiger partial charge in [0.2, 0.25) is 5.88 Å². The van der Waals surface area contributed by atoms with Crippen LogP contribution in [0.5, 0.6) is 5.88 Å². The first-order chi connectivity index (χ1) is 7.78. The van der Waals surface area contributed by atoms with Crippen LogP contribution in [0.15, 0.2) is 23.7 Å². The number of nitrogens with one attached hydrogen (secondary N) is 1. The maximum absolute atomic E-state index is 4.99. The summed E-state index contributed by atoms with van der Waals surface area (Å²) in [5.74, 6) is 0.621. The highest BCUT2D eigenvalue weighted by atomic mass is 32.1. The monoisotopic (exact) mass is 235 g/mol. The van der Waals surface area contributed by atoms with Gasteiger partial charge in [0.25, 0.3) is 0 Å². The van der Waals surface area contributed by atoms with Gasteiger partial charge in [-0.15, -0.1) is 11.3 Å². The Morgan fingerprint density at radius 2 is 2.31 bits per heavy atom. The van der Waals surface area contributed by atoms with Gasteiger partial charge >= 0.3 is 0 Å². The van der Waals surface area contributed by atoms with Crippen LogP contribution in [-0.2, 0) is 6.54 Å². The molecule has 16 heavy (non-hydrogen) atoms. The minimum absolute atomic E-state index is 0.621. The number of anilines is 1. The molecule has 2 aromatic heterocycles. The number of nitrogens with zero attached hydrogens (tertiary/aromatic N) is 2. The molecule has 0 aliphatic heterocycles. The molecule has 0 atom stereocenters. The molecule has 2 aromatic rings. The van der Waals surface area contributed by atoms with Crippen molar-refractivity contribution in [3.8, 4) is 5.88 Å². The van der Waals surface area contributed by atoms with Gasteiger partial charge in [0.15, 0.2) is 0 Å². The quantitative estimate of drug-likeness (QED) is 0.884. The Balaban J connectivity index is 1.94. The van der Waals surface area contributed by atoms with Gasteiger partial charge in [-0.1, -0.05) is 0 Å². The Morgan fingerprint density at radius 1 is 1.44 bits per heavy atom. The third kappa shape index (κ3) is 2.70. The van der Waals surface area contributed by atoms with Crippen LogP contribution in [0.1, 0.15) is 10.7 Å². The van der Waals surface area contributed by atoms with E-state index in [9.17, 15) is 0 Å². The molecule has 1 N–H and O–H groups in total. The van der Waals surface area contributed by atoms with Crippen molar-refractivity contribution in [2.24, 2.45) is 0 Å². The van der Waals surface area contributed by atoms with Crippen molar-refractivity contribution in [1.29, 1.82) is 0 Å². The second-order valence-electron chi connectivity index (χ2n) is 3.33. The highest BCUT2D eigenvalue weighted by molar-refractivity contribution is 7.09. The predicted molar refractivity (Wildman–Crippen MR) is 65.0 cm³/mol. The SMILES string of the molecule is COc1ccc(NCc2nc(C)cs2)cn1. The highest BCUT2D eigenvalue weighted by Gasteiger charge is 1.99. The Hall–Kier alpha value is -1.62. The summed E-state index contributed by atoms with van der Waals surface area (Å²) in [6, 6.07) is 3.77. The molecule has 0 amide bonds. The number of thiazole rings is 1. The summed E-state index contributed by atoms with van der Waals surface area (Å²) in [5, 5.41) is 6.38. The number of methoxy groups -OCH3 is 1. The van der Waals surface area contributed by atoms with Gasteiger partial charge in [-0.25, -0.2) is 9.97 Å². The van der Waals surface area contributed by atoms with Crippen LogP contribution in [0.3, 0.4) is 0 Å². The molecule has 0 aromatic carbocycles. The zero-order valence-corrected chi connectivity index (χ0v) is 10.0. The van der Waals surface area contributed by atoms with Crippen LogP contribution in [0.2, 0.25) is 0 Å². The van der Waals surface area contributed by atoms with E-state index in [1.807, 2.05) is 24.4 Å². The molecule has 2 rings (SSSR count). The number of rotatable bonds is 4. The summed E-state index contributed by atoms with van der Waals surface area (Å²) < 4.78 is 4.99. The normalized spacial score (nSPS) is 10.1. The lowest BCUT2D eigenvalue weighted by Gasteiger charge is -2.04. The van der Waals surface area contributed by atoms with E-state index >= 15 is 0 Å². The molecule has 0 bridgehead atoms. The minimum atomic E-state index is 0.621. The summed E-state index contributed by atoms with van der Waals surface area (Å²) >= 11 is 1.66. The molecular weight excluding hydrogens is 222 g/mol. The molecule has 2 heterocycles. The van der Waals surface area contributed by atoms with Crippen LogP contribution in [-0.4, -0.2) is 17.1 Å². The van der Waals surface area contributed by atoms with Crippen molar-refractivity contribution in [1.82, 2.24) is 9.97 Å². The first kappa shape index (κ1) is 10.9. The zero-order chi connectivity index (χ0) is 11.4. The minimum Gasteiger partial charge on any atom is -0.481 e. The molecule has 0 fully saturated rings. The van der Waals surface area contributed by atoms with Gasteiger partial charge in [0.05, 0.1) is 25.5 Å².